The molecule has 16 heavy (non-hydrogen) atoms. The summed E-state index contributed by atoms with van der Waals surface area (Å²) >= 11 is 0. The van der Waals surface area contributed by atoms with Crippen molar-refractivity contribution in [3.63, 3.8) is 0 Å². The van der Waals surface area contributed by atoms with E-state index < -0.39 is 0 Å². The van der Waals surface area contributed by atoms with Crippen LogP contribution in [0.1, 0.15) is 36.0 Å². The van der Waals surface area contributed by atoms with E-state index in [2.05, 4.69) is 38.2 Å². The van der Waals surface area contributed by atoms with E-state index in [1.807, 2.05) is 0 Å². The maximum Gasteiger partial charge on any atom is 0.0741 e. The van der Waals surface area contributed by atoms with Crippen LogP contribution in [0.2, 0.25) is 0 Å². The number of hydrogen-bond acceptors (Lipinski definition) is 2. The van der Waals surface area contributed by atoms with Crippen molar-refractivity contribution in [2.75, 3.05) is 5.32 Å². The van der Waals surface area contributed by atoms with E-state index in [0.29, 0.717) is 0 Å². The predicted octanol–water partition coefficient (Wildman–Crippen LogP) is 2.94. The van der Waals surface area contributed by atoms with Crippen molar-refractivity contribution >= 4 is 5.69 Å². The normalized spacial score (nSPS) is 24.8. The largest absolute Gasteiger partial charge is 0.391 e. The van der Waals surface area contributed by atoms with E-state index in [4.69, 9.17) is 0 Å². The summed E-state index contributed by atoms with van der Waals surface area (Å²) in [6.45, 7) is 6.38. The average Bonchev–Trinajstić information content (AvgIpc) is 2.57. The quantitative estimate of drug-likeness (QED) is 0.801. The van der Waals surface area contributed by atoms with E-state index in [1.54, 1.807) is 0 Å². The Hall–Kier alpha value is -1.02. The standard InChI is InChI=1S/C14H21NO/c1-9-7-10(2)14(11(3)8-9)15-12-5-4-6-13(12)16/h7-8,12-13,15-16H,4-6H2,1-3H3/t12-,13-/m0/s1. The van der Waals surface area contributed by atoms with Crippen molar-refractivity contribution in [1.29, 1.82) is 0 Å². The van der Waals surface area contributed by atoms with E-state index in [0.717, 1.165) is 19.3 Å². The molecule has 0 amide bonds. The van der Waals surface area contributed by atoms with Gasteiger partial charge in [-0.2, -0.15) is 0 Å². The maximum absolute atomic E-state index is 9.82. The molecule has 0 spiro atoms. The van der Waals surface area contributed by atoms with Crippen LogP contribution in [0.5, 0.6) is 0 Å². The minimum Gasteiger partial charge on any atom is -0.391 e. The van der Waals surface area contributed by atoms with Crippen molar-refractivity contribution in [2.45, 2.75) is 52.2 Å². The summed E-state index contributed by atoms with van der Waals surface area (Å²) < 4.78 is 0. The Balaban J connectivity index is 2.21. The van der Waals surface area contributed by atoms with Gasteiger partial charge < -0.3 is 10.4 Å². The first-order valence-electron chi connectivity index (χ1n) is 6.10. The molecule has 0 saturated heterocycles. The van der Waals surface area contributed by atoms with Crippen molar-refractivity contribution in [3.8, 4) is 0 Å². The fraction of sp³-hybridized carbons (Fsp3) is 0.571. The van der Waals surface area contributed by atoms with Crippen molar-refractivity contribution < 1.29 is 5.11 Å². The number of nitrogens with one attached hydrogen (secondary N) is 1. The highest BCUT2D eigenvalue weighted by Crippen LogP contribution is 2.27. The van der Waals surface area contributed by atoms with Crippen LogP contribution in [0.15, 0.2) is 12.1 Å². The van der Waals surface area contributed by atoms with E-state index in [-0.39, 0.29) is 12.1 Å². The molecule has 2 atom stereocenters. The van der Waals surface area contributed by atoms with Gasteiger partial charge in [0.15, 0.2) is 0 Å². The van der Waals surface area contributed by atoms with Crippen molar-refractivity contribution in [3.05, 3.63) is 28.8 Å². The topological polar surface area (TPSA) is 32.3 Å². The van der Waals surface area contributed by atoms with Crippen LogP contribution < -0.4 is 5.32 Å². The second-order valence-electron chi connectivity index (χ2n) is 5.02. The fourth-order valence-corrected chi connectivity index (χ4v) is 2.70. The number of anilines is 1. The Labute approximate surface area is 97.7 Å². The van der Waals surface area contributed by atoms with E-state index in [9.17, 15) is 5.11 Å². The summed E-state index contributed by atoms with van der Waals surface area (Å²) in [6.07, 6.45) is 2.96. The molecule has 0 bridgehead atoms. The number of rotatable bonds is 2. The second kappa shape index (κ2) is 4.46. The molecule has 1 aliphatic carbocycles. The molecule has 0 aromatic heterocycles. The van der Waals surface area contributed by atoms with Crippen LogP contribution >= 0.6 is 0 Å². The van der Waals surface area contributed by atoms with Gasteiger partial charge in [-0.15, -0.1) is 0 Å². The first-order valence-corrected chi connectivity index (χ1v) is 6.10. The number of aliphatic hydroxyl groups is 1. The third kappa shape index (κ3) is 2.22. The molecule has 1 fully saturated rings. The Kier molecular flexibility index (Phi) is 3.20. The molecule has 1 aromatic carbocycles. The van der Waals surface area contributed by atoms with Gasteiger partial charge in [0.25, 0.3) is 0 Å². The molecule has 0 unspecified atom stereocenters. The summed E-state index contributed by atoms with van der Waals surface area (Å²) in [4.78, 5) is 0. The molecule has 88 valence electrons. The summed E-state index contributed by atoms with van der Waals surface area (Å²) in [5.74, 6) is 0. The Bertz CT molecular complexity index is 363. The van der Waals surface area contributed by atoms with Gasteiger partial charge in [0, 0.05) is 5.69 Å². The van der Waals surface area contributed by atoms with Gasteiger partial charge in [0.05, 0.1) is 12.1 Å². The molecule has 2 nitrogen and oxygen atoms in total. The van der Waals surface area contributed by atoms with Crippen LogP contribution in [-0.2, 0) is 0 Å². The highest BCUT2D eigenvalue weighted by Gasteiger charge is 2.25. The predicted molar refractivity (Wildman–Crippen MR) is 67.9 cm³/mol. The van der Waals surface area contributed by atoms with Crippen molar-refractivity contribution in [1.82, 2.24) is 0 Å². The van der Waals surface area contributed by atoms with Crippen LogP contribution in [0, 0.1) is 20.8 Å². The van der Waals surface area contributed by atoms with Gasteiger partial charge in [-0.25, -0.2) is 0 Å². The van der Waals surface area contributed by atoms with Crippen LogP contribution in [0.4, 0.5) is 5.69 Å². The Morgan fingerprint density at radius 1 is 1.12 bits per heavy atom. The molecule has 1 saturated carbocycles. The van der Waals surface area contributed by atoms with Gasteiger partial charge in [-0.05, 0) is 51.2 Å². The number of aliphatic hydroxyl groups excluding tert-OH is 1. The summed E-state index contributed by atoms with van der Waals surface area (Å²) in [7, 11) is 0. The zero-order valence-electron chi connectivity index (χ0n) is 10.4. The zero-order chi connectivity index (χ0) is 11.7. The number of aryl methyl sites for hydroxylation is 3. The number of hydrogen-bond donors (Lipinski definition) is 2. The van der Waals surface area contributed by atoms with Crippen LogP contribution in [-0.4, -0.2) is 17.3 Å². The van der Waals surface area contributed by atoms with Crippen LogP contribution in [0.3, 0.4) is 0 Å². The highest BCUT2D eigenvalue weighted by atomic mass is 16.3. The molecule has 1 aliphatic rings. The first kappa shape index (κ1) is 11.5. The van der Waals surface area contributed by atoms with Crippen molar-refractivity contribution in [2.24, 2.45) is 0 Å². The lowest BCUT2D eigenvalue weighted by Gasteiger charge is -2.21. The van der Waals surface area contributed by atoms with Gasteiger partial charge in [-0.3, -0.25) is 0 Å². The number of benzene rings is 1. The van der Waals surface area contributed by atoms with E-state index in [1.165, 1.54) is 22.4 Å². The molecular weight excluding hydrogens is 198 g/mol. The monoisotopic (exact) mass is 219 g/mol. The second-order valence-corrected chi connectivity index (χ2v) is 5.02. The average molecular weight is 219 g/mol. The summed E-state index contributed by atoms with van der Waals surface area (Å²) in [5.41, 5.74) is 5.05. The third-order valence-electron chi connectivity index (χ3n) is 3.49. The summed E-state index contributed by atoms with van der Waals surface area (Å²) in [6, 6.07) is 4.62. The van der Waals surface area contributed by atoms with Gasteiger partial charge in [-0.1, -0.05) is 17.7 Å². The molecule has 2 N–H and O–H groups in total. The van der Waals surface area contributed by atoms with Gasteiger partial charge in [0.2, 0.25) is 0 Å². The molecule has 0 radical (unpaired) electrons. The summed E-state index contributed by atoms with van der Waals surface area (Å²) in [5, 5.41) is 13.3. The molecule has 0 aliphatic heterocycles. The lowest BCUT2D eigenvalue weighted by atomic mass is 10.0. The fourth-order valence-electron chi connectivity index (χ4n) is 2.70. The first-order chi connectivity index (χ1) is 7.58. The minimum absolute atomic E-state index is 0.180. The van der Waals surface area contributed by atoms with Gasteiger partial charge >= 0.3 is 0 Å². The molecular formula is C14H21NO. The lowest BCUT2D eigenvalue weighted by molar-refractivity contribution is 0.172. The molecule has 1 aromatic rings. The third-order valence-corrected chi connectivity index (χ3v) is 3.49. The lowest BCUT2D eigenvalue weighted by Crippen LogP contribution is -2.28. The SMILES string of the molecule is Cc1cc(C)c(N[C@H]2CCC[C@@H]2O)c(C)c1. The highest BCUT2D eigenvalue weighted by molar-refractivity contribution is 5.58. The Morgan fingerprint density at radius 2 is 1.75 bits per heavy atom. The Morgan fingerprint density at radius 3 is 2.25 bits per heavy atom. The molecule has 2 rings (SSSR count). The molecule has 2 heteroatoms. The molecule has 0 heterocycles. The zero-order valence-corrected chi connectivity index (χ0v) is 10.4. The maximum atomic E-state index is 9.82. The van der Waals surface area contributed by atoms with Gasteiger partial charge in [0.1, 0.15) is 0 Å². The van der Waals surface area contributed by atoms with Crippen LogP contribution in [0.25, 0.3) is 0 Å². The van der Waals surface area contributed by atoms with E-state index >= 15 is 0 Å². The minimum atomic E-state index is -0.180. The smallest absolute Gasteiger partial charge is 0.0741 e.